The number of hydrogen-bond acceptors (Lipinski definition) is 22. The van der Waals surface area contributed by atoms with Gasteiger partial charge in [-0.1, -0.05) is 24.3 Å². The van der Waals surface area contributed by atoms with Crippen LogP contribution in [-0.2, 0) is 29.7 Å². The van der Waals surface area contributed by atoms with Crippen LogP contribution >= 0.6 is 0 Å². The lowest BCUT2D eigenvalue weighted by atomic mass is 10.1. The summed E-state index contributed by atoms with van der Waals surface area (Å²) in [5.74, 6) is -0.362. The molecule has 0 atom stereocenters. The minimum Gasteiger partial charge on any atom is -0.462 e. The Bertz CT molecular complexity index is 2950. The normalized spacial score (nSPS) is 11.6. The number of nitrogens with zero attached hydrogens (tertiary/aromatic N) is 8. The lowest BCUT2D eigenvalue weighted by Gasteiger charge is -2.14. The highest BCUT2D eigenvalue weighted by Gasteiger charge is 2.20. The first-order valence-electron chi connectivity index (χ1n) is 23.1. The van der Waals surface area contributed by atoms with Crippen LogP contribution in [0.4, 0.5) is 58.4 Å². The van der Waals surface area contributed by atoms with Crippen LogP contribution in [0.1, 0.15) is 58.5 Å². The highest BCUT2D eigenvalue weighted by molar-refractivity contribution is 7.86. The van der Waals surface area contributed by atoms with Crippen molar-refractivity contribution < 1.29 is 45.0 Å². The molecule has 0 aliphatic rings. The fourth-order valence-corrected chi connectivity index (χ4v) is 8.19. The van der Waals surface area contributed by atoms with E-state index in [-0.39, 0.29) is 71.4 Å². The zero-order valence-electron chi connectivity index (χ0n) is 41.4. The molecule has 2 aromatic heterocycles. The molecule has 392 valence electrons. The second kappa shape index (κ2) is 25.7. The van der Waals surface area contributed by atoms with Gasteiger partial charge in [-0.05, 0) is 152 Å². The Balaban J connectivity index is 1.25. The Kier molecular flexibility index (Phi) is 19.2. The van der Waals surface area contributed by atoms with Crippen LogP contribution in [0.5, 0.6) is 0 Å². The number of carbonyl (C=O) groups excluding carboxylic acids is 2. The van der Waals surface area contributed by atoms with E-state index in [0.29, 0.717) is 35.6 Å². The van der Waals surface area contributed by atoms with Gasteiger partial charge in [0, 0.05) is 35.8 Å². The van der Waals surface area contributed by atoms with Crippen LogP contribution in [0.3, 0.4) is 0 Å². The Morgan fingerprint density at radius 2 is 0.811 bits per heavy atom. The minimum atomic E-state index is -4.90. The molecule has 0 bridgehead atoms. The third-order valence-electron chi connectivity index (χ3n) is 10.2. The molecule has 4 aromatic carbocycles. The molecule has 2 heterocycles. The van der Waals surface area contributed by atoms with Crippen molar-refractivity contribution in [2.24, 2.45) is 0 Å². The summed E-state index contributed by atoms with van der Waals surface area (Å²) >= 11 is 0. The monoisotopic (exact) mass is 1050 g/mol. The molecule has 0 aliphatic heterocycles. The summed E-state index contributed by atoms with van der Waals surface area (Å²) in [6.07, 6.45) is 4.04. The van der Waals surface area contributed by atoms with E-state index in [0.717, 1.165) is 38.1 Å². The fourth-order valence-electron chi connectivity index (χ4n) is 6.78. The van der Waals surface area contributed by atoms with Gasteiger partial charge in [-0.2, -0.15) is 46.7 Å². The summed E-state index contributed by atoms with van der Waals surface area (Å²) in [5, 5.41) is 18.4. The maximum absolute atomic E-state index is 12.8. The molecule has 26 heteroatoms. The molecule has 0 fully saturated rings. The lowest BCUT2D eigenvalue weighted by Crippen LogP contribution is -2.17. The number of rotatable bonds is 26. The maximum atomic E-state index is 12.8. The maximum Gasteiger partial charge on any atom is 0.338 e. The van der Waals surface area contributed by atoms with E-state index >= 15 is 0 Å². The Morgan fingerprint density at radius 3 is 1.12 bits per heavy atom. The van der Waals surface area contributed by atoms with E-state index in [1.165, 1.54) is 36.4 Å². The smallest absolute Gasteiger partial charge is 0.338 e. The third kappa shape index (κ3) is 16.9. The number of ether oxygens (including phenoxy) is 2. The Hall–Kier alpha value is -7.88. The fraction of sp³-hybridized carbons (Fsp3) is 0.292. The first-order valence-corrected chi connectivity index (χ1v) is 26.0. The van der Waals surface area contributed by atoms with Gasteiger partial charge in [-0.3, -0.25) is 9.11 Å². The Morgan fingerprint density at radius 1 is 0.500 bits per heavy atom. The molecule has 0 saturated heterocycles. The van der Waals surface area contributed by atoms with Gasteiger partial charge < -0.3 is 51.2 Å². The van der Waals surface area contributed by atoms with Gasteiger partial charge in [0.2, 0.25) is 35.7 Å². The second-order valence-electron chi connectivity index (χ2n) is 16.7. The topological polar surface area (TPSA) is 317 Å². The summed E-state index contributed by atoms with van der Waals surface area (Å²) in [4.78, 5) is 54.1. The summed E-state index contributed by atoms with van der Waals surface area (Å²) in [6.45, 7) is 6.48. The zero-order valence-corrected chi connectivity index (χ0v) is 43.1. The minimum absolute atomic E-state index is 0.00362. The summed E-state index contributed by atoms with van der Waals surface area (Å²) in [7, 11) is -2.01. The lowest BCUT2D eigenvalue weighted by molar-refractivity contribution is 0.0517. The van der Waals surface area contributed by atoms with Gasteiger partial charge >= 0.3 is 11.9 Å². The van der Waals surface area contributed by atoms with Crippen molar-refractivity contribution in [1.29, 1.82) is 0 Å². The number of nitrogens with one attached hydrogen (secondary N) is 6. The molecule has 8 N–H and O–H groups in total. The van der Waals surface area contributed by atoms with Crippen molar-refractivity contribution in [2.75, 3.05) is 99.5 Å². The number of aromatic nitrogens is 6. The molecule has 24 nitrogen and oxygen atoms in total. The highest BCUT2D eigenvalue weighted by atomic mass is 32.2. The van der Waals surface area contributed by atoms with Crippen LogP contribution in [0.15, 0.2) is 94.7 Å². The molecule has 6 aromatic rings. The molecule has 0 aliphatic carbocycles. The molecule has 6 rings (SSSR count). The van der Waals surface area contributed by atoms with E-state index in [4.69, 9.17) is 9.47 Å². The van der Waals surface area contributed by atoms with Crippen LogP contribution in [0.2, 0.25) is 0 Å². The summed E-state index contributed by atoms with van der Waals surface area (Å²) in [6, 6.07) is 20.9. The van der Waals surface area contributed by atoms with Gasteiger partial charge in [0.25, 0.3) is 20.2 Å². The van der Waals surface area contributed by atoms with E-state index in [2.05, 4.69) is 61.8 Å². The molecule has 0 radical (unpaired) electrons. The third-order valence-corrected chi connectivity index (χ3v) is 12.1. The van der Waals surface area contributed by atoms with Gasteiger partial charge in [0.1, 0.15) is 9.79 Å². The molecule has 74 heavy (non-hydrogen) atoms. The molecular weight excluding hydrogens is 997 g/mol. The van der Waals surface area contributed by atoms with Crippen LogP contribution in [0.25, 0.3) is 12.2 Å². The van der Waals surface area contributed by atoms with Gasteiger partial charge in [0.05, 0.1) is 24.3 Å². The molecule has 0 spiro atoms. The largest absolute Gasteiger partial charge is 0.462 e. The first-order chi connectivity index (χ1) is 35.3. The summed E-state index contributed by atoms with van der Waals surface area (Å²) < 4.78 is 82.3. The SMILES string of the molecule is CCOC(=O)c1ccc(Nc2nc(NCCCN(C)C)nc(Nc3ccc(/C=C/c4ccc(Nc5nc(NCCCN(C)C)nc(Nc6ccc(C(=O)OCC)cc6)n5)cc4S(=O)(=O)O)c(S(=O)(=O)O)c3)n2)cc1. The van der Waals surface area contributed by atoms with Crippen LogP contribution in [0, 0.1) is 0 Å². The van der Waals surface area contributed by atoms with Crippen molar-refractivity contribution in [1.82, 2.24) is 39.7 Å². The number of hydrogen-bond donors (Lipinski definition) is 8. The molecule has 0 saturated carbocycles. The van der Waals surface area contributed by atoms with E-state index in [1.807, 2.05) is 38.0 Å². The standard InChI is InChI=1S/C48H58N14O10S2/c1-7-71-41(63)33-15-19-35(20-16-33)51-45-55-43(49-25-9-27-61(3)4)57-47(59-45)53-37-23-13-31(39(29-37)73(65,66)67)11-12-32-14-24-38(30-40(32)74(68,69)70)54-48-58-44(50-26-10-28-62(5)6)56-46(60-48)52-36-21-17-34(18-22-36)42(64)72-8-2/h11-24,29-30H,7-10,25-28H2,1-6H3,(H,65,66,67)(H,68,69,70)(H3,49,51,53,55,57,59)(H3,50,52,54,56,58,60)/b12-11+. The van der Waals surface area contributed by atoms with E-state index in [1.54, 1.807) is 62.4 Å². The highest BCUT2D eigenvalue weighted by Crippen LogP contribution is 2.29. The van der Waals surface area contributed by atoms with Gasteiger partial charge in [0.15, 0.2) is 0 Å². The molecule has 0 amide bonds. The summed E-state index contributed by atoms with van der Waals surface area (Å²) in [5.41, 5.74) is 2.00. The van der Waals surface area contributed by atoms with E-state index < -0.39 is 42.0 Å². The van der Waals surface area contributed by atoms with Crippen LogP contribution < -0.4 is 31.9 Å². The molecule has 0 unspecified atom stereocenters. The average Bonchev–Trinajstić information content (AvgIpc) is 3.34. The van der Waals surface area contributed by atoms with E-state index in [9.17, 15) is 35.5 Å². The van der Waals surface area contributed by atoms with Crippen molar-refractivity contribution in [3.05, 3.63) is 107 Å². The number of anilines is 10. The van der Waals surface area contributed by atoms with Crippen molar-refractivity contribution in [3.8, 4) is 0 Å². The number of benzene rings is 4. The number of esters is 2. The predicted octanol–water partition coefficient (Wildman–Crippen LogP) is 6.78. The average molecular weight is 1060 g/mol. The van der Waals surface area contributed by atoms with Crippen LogP contribution in [-0.4, -0.2) is 145 Å². The van der Waals surface area contributed by atoms with Crippen molar-refractivity contribution >= 4 is 103 Å². The first kappa shape index (κ1) is 55.4. The number of carbonyl (C=O) groups is 2. The quantitative estimate of drug-likeness (QED) is 0.0120. The zero-order chi connectivity index (χ0) is 53.4. The second-order valence-corrected chi connectivity index (χ2v) is 19.4. The molecular formula is C48H58N14O10S2. The van der Waals surface area contributed by atoms with Gasteiger partial charge in [-0.25, -0.2) is 9.59 Å². The van der Waals surface area contributed by atoms with Gasteiger partial charge in [-0.15, -0.1) is 0 Å². The predicted molar refractivity (Wildman–Crippen MR) is 282 cm³/mol. The van der Waals surface area contributed by atoms with Crippen molar-refractivity contribution in [2.45, 2.75) is 36.5 Å². The van der Waals surface area contributed by atoms with Crippen molar-refractivity contribution in [3.63, 3.8) is 0 Å². The Labute approximate surface area is 429 Å².